The fourth-order valence-electron chi connectivity index (χ4n) is 4.63. The zero-order valence-corrected chi connectivity index (χ0v) is 23.9. The Bertz CT molecular complexity index is 1570. The topological polar surface area (TPSA) is 98.9 Å². The van der Waals surface area contributed by atoms with Gasteiger partial charge >= 0.3 is 10.1 Å². The molecule has 2 aromatic heterocycles. The average Bonchev–Trinajstić information content (AvgIpc) is 3.66. The number of thiazole rings is 1. The minimum absolute atomic E-state index is 0.0775. The number of hydrogen-bond acceptors (Lipinski definition) is 9. The molecule has 1 aromatic carbocycles. The molecule has 0 aliphatic carbocycles. The minimum atomic E-state index is -3.78. The number of oxime groups is 1. The van der Waals surface area contributed by atoms with Gasteiger partial charge in [-0.25, -0.2) is 27.2 Å². The summed E-state index contributed by atoms with van der Waals surface area (Å²) in [5, 5.41) is 10.8. The molecule has 2 aliphatic rings. The van der Waals surface area contributed by atoms with Gasteiger partial charge in [0.25, 0.3) is 12.9 Å². The molecule has 0 unspecified atom stereocenters. The lowest BCUT2D eigenvalue weighted by Gasteiger charge is -2.30. The van der Waals surface area contributed by atoms with Gasteiger partial charge in [0.15, 0.2) is 11.9 Å². The van der Waals surface area contributed by atoms with Gasteiger partial charge in [0, 0.05) is 43.2 Å². The lowest BCUT2D eigenvalue weighted by molar-refractivity contribution is 0.0846. The Balaban J connectivity index is 1.20. The molecule has 16 heteroatoms. The molecule has 4 heterocycles. The Hall–Kier alpha value is -3.17. The smallest absolute Gasteiger partial charge is 0.306 e. The van der Waals surface area contributed by atoms with Crippen LogP contribution in [0.5, 0.6) is 5.75 Å². The van der Waals surface area contributed by atoms with Crippen LogP contribution >= 0.6 is 22.9 Å². The van der Waals surface area contributed by atoms with Crippen molar-refractivity contribution in [2.75, 3.05) is 19.3 Å². The Kier molecular flexibility index (Phi) is 8.57. The second-order valence-electron chi connectivity index (χ2n) is 9.49. The largest absolute Gasteiger partial charge is 0.387 e. The molecule has 1 atom stereocenters. The molecule has 41 heavy (non-hydrogen) atoms. The highest BCUT2D eigenvalue weighted by atomic mass is 35.5. The number of piperidine rings is 1. The van der Waals surface area contributed by atoms with E-state index in [1.165, 1.54) is 23.6 Å². The summed E-state index contributed by atoms with van der Waals surface area (Å²) in [6.07, 6.45) is -0.895. The van der Waals surface area contributed by atoms with E-state index in [2.05, 4.69) is 10.3 Å². The van der Waals surface area contributed by atoms with Gasteiger partial charge in [-0.05, 0) is 31.0 Å². The van der Waals surface area contributed by atoms with Crippen molar-refractivity contribution in [1.82, 2.24) is 19.7 Å². The van der Waals surface area contributed by atoms with Crippen molar-refractivity contribution < 1.29 is 35.0 Å². The van der Waals surface area contributed by atoms with Gasteiger partial charge in [-0.2, -0.15) is 13.5 Å². The first-order chi connectivity index (χ1) is 19.5. The van der Waals surface area contributed by atoms with Gasteiger partial charge in [-0.15, -0.1) is 11.3 Å². The fourth-order valence-corrected chi connectivity index (χ4v) is 6.39. The summed E-state index contributed by atoms with van der Waals surface area (Å²) >= 11 is 7.84. The number of halogens is 5. The summed E-state index contributed by atoms with van der Waals surface area (Å²) in [4.78, 5) is 12.3. The van der Waals surface area contributed by atoms with Crippen LogP contribution in [0.15, 0.2) is 41.0 Å². The van der Waals surface area contributed by atoms with Gasteiger partial charge in [0.05, 0.1) is 27.5 Å². The monoisotopic (exact) mass is 633 g/mol. The first-order valence-corrected chi connectivity index (χ1v) is 15.5. The van der Waals surface area contributed by atoms with E-state index in [4.69, 9.17) is 25.6 Å². The van der Waals surface area contributed by atoms with Crippen molar-refractivity contribution in [3.63, 3.8) is 0 Å². The number of likely N-dealkylation sites (tertiary alicyclic amines) is 1. The predicted octanol–water partition coefficient (Wildman–Crippen LogP) is 6.38. The molecule has 3 aromatic rings. The highest BCUT2D eigenvalue weighted by Gasteiger charge is 2.31. The van der Waals surface area contributed by atoms with Crippen LogP contribution in [0.3, 0.4) is 0 Å². The number of aromatic nitrogens is 3. The van der Waals surface area contributed by atoms with Crippen LogP contribution in [0, 0.1) is 0 Å². The highest BCUT2D eigenvalue weighted by Crippen LogP contribution is 2.40. The Morgan fingerprint density at radius 2 is 1.93 bits per heavy atom. The lowest BCUT2D eigenvalue weighted by atomic mass is 9.98. The molecule has 5 rings (SSSR count). The third kappa shape index (κ3) is 6.84. The molecule has 9 nitrogen and oxygen atoms in total. The molecule has 0 saturated carbocycles. The molecule has 1 fully saturated rings. The molecule has 0 radical (unpaired) electrons. The number of benzene rings is 1. The van der Waals surface area contributed by atoms with Crippen molar-refractivity contribution in [3.05, 3.63) is 68.5 Å². The number of rotatable bonds is 9. The van der Waals surface area contributed by atoms with Gasteiger partial charge in [0.2, 0.25) is 0 Å². The van der Waals surface area contributed by atoms with Gasteiger partial charge in [-0.1, -0.05) is 22.8 Å². The quantitative estimate of drug-likeness (QED) is 0.199. The van der Waals surface area contributed by atoms with E-state index in [0.717, 1.165) is 28.8 Å². The summed E-state index contributed by atoms with van der Waals surface area (Å²) < 4.78 is 81.5. The summed E-state index contributed by atoms with van der Waals surface area (Å²) in [5.41, 5.74) is 0.356. The summed E-state index contributed by atoms with van der Waals surface area (Å²) in [6.45, 7) is 1.23. The fraction of sp³-hybridized carbons (Fsp3) is 0.400. The SMILES string of the molecule is CS(=O)(=O)Oc1cccc(Cl)c1[C@H]1CC(c2csc(C3CCN(C=Cn4nc(C(F)F)cc4C(F)F)CC3)n2)=NO1. The maximum absolute atomic E-state index is 13.2. The highest BCUT2D eigenvalue weighted by molar-refractivity contribution is 7.86. The summed E-state index contributed by atoms with van der Waals surface area (Å²) in [5.74, 6) is 0.246. The van der Waals surface area contributed by atoms with Crippen molar-refractivity contribution in [2.45, 2.75) is 44.1 Å². The lowest BCUT2D eigenvalue weighted by Crippen LogP contribution is -2.28. The van der Waals surface area contributed by atoms with Crippen LogP contribution in [0.4, 0.5) is 17.6 Å². The number of nitrogens with zero attached hydrogens (tertiary/aromatic N) is 5. The second kappa shape index (κ2) is 12.0. The molecule has 0 bridgehead atoms. The zero-order valence-electron chi connectivity index (χ0n) is 21.5. The number of alkyl halides is 4. The molecule has 1 saturated heterocycles. The van der Waals surface area contributed by atoms with E-state index in [1.54, 1.807) is 18.3 Å². The van der Waals surface area contributed by atoms with E-state index in [0.29, 0.717) is 47.6 Å². The first kappa shape index (κ1) is 29.3. The van der Waals surface area contributed by atoms with Gasteiger partial charge in [-0.3, -0.25) is 0 Å². The molecule has 2 aliphatic heterocycles. The number of hydrogen-bond donors (Lipinski definition) is 0. The van der Waals surface area contributed by atoms with E-state index >= 15 is 0 Å². The normalized spacial score (nSPS) is 18.5. The second-order valence-corrected chi connectivity index (χ2v) is 12.4. The van der Waals surface area contributed by atoms with Crippen molar-refractivity contribution >= 4 is 45.0 Å². The Morgan fingerprint density at radius 3 is 2.61 bits per heavy atom. The van der Waals surface area contributed by atoms with Crippen LogP contribution in [0.2, 0.25) is 5.02 Å². The molecule has 0 spiro atoms. The molecular formula is C25H24ClF4N5O4S2. The van der Waals surface area contributed by atoms with Crippen LogP contribution in [-0.4, -0.2) is 53.1 Å². The average molecular weight is 634 g/mol. The van der Waals surface area contributed by atoms with E-state index in [1.807, 2.05) is 10.3 Å². The summed E-state index contributed by atoms with van der Waals surface area (Å²) in [7, 11) is -3.78. The van der Waals surface area contributed by atoms with Crippen LogP contribution < -0.4 is 4.18 Å². The molecule has 0 amide bonds. The standard InChI is InChI=1S/C25H24ClF4N5O4S2/c1-41(36,37)39-20-4-2-3-15(26)22(20)21-12-16(33-38-21)18-13-40-25(31-18)14-5-7-34(8-6-14)9-10-35-19(24(29)30)11-17(32-35)23(27)28/h2-4,9-11,13-14,21,23-24H,5-8,12H2,1H3/t21-/m1/s1. The van der Waals surface area contributed by atoms with Crippen molar-refractivity contribution in [3.8, 4) is 5.75 Å². The van der Waals surface area contributed by atoms with E-state index in [-0.39, 0.29) is 11.7 Å². The maximum atomic E-state index is 13.2. The summed E-state index contributed by atoms with van der Waals surface area (Å²) in [6, 6.07) is 5.41. The Labute approximate surface area is 242 Å². The van der Waals surface area contributed by atoms with E-state index < -0.39 is 40.5 Å². The van der Waals surface area contributed by atoms with Crippen LogP contribution in [-0.2, 0) is 15.0 Å². The van der Waals surface area contributed by atoms with Crippen molar-refractivity contribution in [1.29, 1.82) is 0 Å². The predicted molar refractivity (Wildman–Crippen MR) is 145 cm³/mol. The molecule has 0 N–H and O–H groups in total. The van der Waals surface area contributed by atoms with Gasteiger partial charge < -0.3 is 13.9 Å². The Morgan fingerprint density at radius 1 is 1.17 bits per heavy atom. The molecule has 220 valence electrons. The van der Waals surface area contributed by atoms with Crippen LogP contribution in [0.1, 0.15) is 71.8 Å². The zero-order chi connectivity index (χ0) is 29.3. The van der Waals surface area contributed by atoms with Gasteiger partial charge in [0.1, 0.15) is 17.1 Å². The molecular weight excluding hydrogens is 610 g/mol. The third-order valence-electron chi connectivity index (χ3n) is 6.59. The van der Waals surface area contributed by atoms with E-state index in [9.17, 15) is 26.0 Å². The van der Waals surface area contributed by atoms with Crippen LogP contribution in [0.25, 0.3) is 6.20 Å². The first-order valence-electron chi connectivity index (χ1n) is 12.4. The maximum Gasteiger partial charge on any atom is 0.306 e. The minimum Gasteiger partial charge on any atom is -0.387 e. The van der Waals surface area contributed by atoms with Crippen molar-refractivity contribution in [2.24, 2.45) is 5.16 Å². The third-order valence-corrected chi connectivity index (χ3v) is 8.41.